The lowest BCUT2D eigenvalue weighted by atomic mass is 9.86. The van der Waals surface area contributed by atoms with E-state index in [-0.39, 0.29) is 0 Å². The molecule has 1 aliphatic rings. The molecule has 1 fully saturated rings. The van der Waals surface area contributed by atoms with Crippen LogP contribution in [0.3, 0.4) is 0 Å². The van der Waals surface area contributed by atoms with Gasteiger partial charge in [-0.3, -0.25) is 0 Å². The molecule has 0 aromatic heterocycles. The second kappa shape index (κ2) is 4.98. The third kappa shape index (κ3) is 2.40. The summed E-state index contributed by atoms with van der Waals surface area (Å²) in [5.41, 5.74) is 0.541. The Morgan fingerprint density at radius 3 is 3.06 bits per heavy atom. The van der Waals surface area contributed by atoms with Crippen LogP contribution in [0.2, 0.25) is 5.02 Å². The summed E-state index contributed by atoms with van der Waals surface area (Å²) in [6.07, 6.45) is 4.23. The maximum absolute atomic E-state index is 9.50. The molecule has 1 aliphatic carbocycles. The lowest BCUT2D eigenvalue weighted by Gasteiger charge is -2.30. The fraction of sp³-hybridized carbons (Fsp3) is 0.500. The Labute approximate surface area is 108 Å². The number of rotatable bonds is 3. The smallest absolute Gasteiger partial charge is 0.128 e. The van der Waals surface area contributed by atoms with Gasteiger partial charge in [0.2, 0.25) is 0 Å². The van der Waals surface area contributed by atoms with Crippen molar-refractivity contribution in [3.63, 3.8) is 0 Å². The zero-order valence-corrected chi connectivity index (χ0v) is 10.8. The average molecular weight is 249 g/mol. The molecular formula is C14H17ClN2. The van der Waals surface area contributed by atoms with Gasteiger partial charge in [-0.25, -0.2) is 0 Å². The summed E-state index contributed by atoms with van der Waals surface area (Å²) in [6, 6.07) is 10.1. The van der Waals surface area contributed by atoms with Crippen LogP contribution in [0.25, 0.3) is 0 Å². The summed E-state index contributed by atoms with van der Waals surface area (Å²) >= 11 is 5.97. The molecule has 0 aliphatic heterocycles. The second-order valence-electron chi connectivity index (χ2n) is 4.72. The number of nitriles is 1. The number of anilines is 1. The Morgan fingerprint density at radius 1 is 1.59 bits per heavy atom. The van der Waals surface area contributed by atoms with Crippen molar-refractivity contribution in [3.05, 3.63) is 29.3 Å². The van der Waals surface area contributed by atoms with Crippen molar-refractivity contribution in [2.75, 3.05) is 5.32 Å². The van der Waals surface area contributed by atoms with Gasteiger partial charge in [0.1, 0.15) is 5.54 Å². The zero-order valence-electron chi connectivity index (χ0n) is 10.0. The third-order valence-electron chi connectivity index (χ3n) is 3.70. The molecular weight excluding hydrogens is 232 g/mol. The standard InChI is InChI=1S/C14H17ClN2/c1-2-11-5-4-8-14(11,10-16)17-13-7-3-6-12(15)9-13/h3,6-7,9,11,17H,2,4-5,8H2,1H3. The minimum Gasteiger partial charge on any atom is -0.367 e. The molecule has 17 heavy (non-hydrogen) atoms. The summed E-state index contributed by atoms with van der Waals surface area (Å²) in [7, 11) is 0. The fourth-order valence-corrected chi connectivity index (χ4v) is 2.98. The maximum atomic E-state index is 9.50. The van der Waals surface area contributed by atoms with Gasteiger partial charge in [0.05, 0.1) is 6.07 Å². The Balaban J connectivity index is 2.23. The molecule has 90 valence electrons. The second-order valence-corrected chi connectivity index (χ2v) is 5.15. The summed E-state index contributed by atoms with van der Waals surface area (Å²) in [5.74, 6) is 0.437. The number of hydrogen-bond acceptors (Lipinski definition) is 2. The van der Waals surface area contributed by atoms with E-state index in [1.165, 1.54) is 0 Å². The molecule has 2 atom stereocenters. The van der Waals surface area contributed by atoms with Crippen molar-refractivity contribution in [1.29, 1.82) is 5.26 Å². The number of nitrogens with zero attached hydrogens (tertiary/aromatic N) is 1. The Hall–Kier alpha value is -1.20. The van der Waals surface area contributed by atoms with Gasteiger partial charge in [-0.1, -0.05) is 31.0 Å². The highest BCUT2D eigenvalue weighted by Crippen LogP contribution is 2.40. The fourth-order valence-electron chi connectivity index (χ4n) is 2.79. The predicted octanol–water partition coefficient (Wildman–Crippen LogP) is 4.22. The van der Waals surface area contributed by atoms with Crippen molar-refractivity contribution < 1.29 is 0 Å². The van der Waals surface area contributed by atoms with Crippen LogP contribution in [0.4, 0.5) is 5.69 Å². The van der Waals surface area contributed by atoms with Crippen LogP contribution in [0, 0.1) is 17.2 Å². The van der Waals surface area contributed by atoms with Gasteiger partial charge >= 0.3 is 0 Å². The van der Waals surface area contributed by atoms with E-state index in [0.717, 1.165) is 31.4 Å². The molecule has 1 saturated carbocycles. The molecule has 0 saturated heterocycles. The van der Waals surface area contributed by atoms with Crippen LogP contribution >= 0.6 is 11.6 Å². The minimum atomic E-state index is -0.403. The lowest BCUT2D eigenvalue weighted by molar-refractivity contribution is 0.414. The van der Waals surface area contributed by atoms with Crippen molar-refractivity contribution in [2.45, 2.75) is 38.1 Å². The number of halogens is 1. The SMILES string of the molecule is CCC1CCCC1(C#N)Nc1cccc(Cl)c1. The normalized spacial score (nSPS) is 27.7. The van der Waals surface area contributed by atoms with E-state index in [0.29, 0.717) is 10.9 Å². The molecule has 1 aromatic carbocycles. The molecule has 2 nitrogen and oxygen atoms in total. The van der Waals surface area contributed by atoms with Crippen LogP contribution in [0.1, 0.15) is 32.6 Å². The lowest BCUT2D eigenvalue weighted by Crippen LogP contribution is -2.40. The summed E-state index contributed by atoms with van der Waals surface area (Å²) in [4.78, 5) is 0. The van der Waals surface area contributed by atoms with Crippen LogP contribution in [-0.4, -0.2) is 5.54 Å². The van der Waals surface area contributed by atoms with Gasteiger partial charge in [0, 0.05) is 10.7 Å². The van der Waals surface area contributed by atoms with Crippen molar-refractivity contribution in [1.82, 2.24) is 0 Å². The first kappa shape index (κ1) is 12.3. The van der Waals surface area contributed by atoms with Gasteiger partial charge < -0.3 is 5.32 Å². The monoisotopic (exact) mass is 248 g/mol. The van der Waals surface area contributed by atoms with E-state index >= 15 is 0 Å². The molecule has 1 aromatic rings. The minimum absolute atomic E-state index is 0.403. The van der Waals surface area contributed by atoms with Crippen LogP contribution < -0.4 is 5.32 Å². The molecule has 0 radical (unpaired) electrons. The zero-order chi connectivity index (χ0) is 12.3. The van der Waals surface area contributed by atoms with Crippen molar-refractivity contribution in [2.24, 2.45) is 5.92 Å². The van der Waals surface area contributed by atoms with Crippen LogP contribution in [0.5, 0.6) is 0 Å². The third-order valence-corrected chi connectivity index (χ3v) is 3.94. The maximum Gasteiger partial charge on any atom is 0.128 e. The predicted molar refractivity (Wildman–Crippen MR) is 71.1 cm³/mol. The van der Waals surface area contributed by atoms with Gasteiger partial charge in [-0.05, 0) is 43.4 Å². The Morgan fingerprint density at radius 2 is 2.41 bits per heavy atom. The molecule has 0 amide bonds. The molecule has 2 rings (SSSR count). The van der Waals surface area contributed by atoms with E-state index in [1.54, 1.807) is 0 Å². The first-order valence-electron chi connectivity index (χ1n) is 6.15. The Bertz CT molecular complexity index is 438. The first-order valence-corrected chi connectivity index (χ1v) is 6.53. The van der Waals surface area contributed by atoms with Gasteiger partial charge in [0.15, 0.2) is 0 Å². The molecule has 0 bridgehead atoms. The van der Waals surface area contributed by atoms with Crippen molar-refractivity contribution >= 4 is 17.3 Å². The van der Waals surface area contributed by atoms with Gasteiger partial charge in [-0.2, -0.15) is 5.26 Å². The number of benzene rings is 1. The quantitative estimate of drug-likeness (QED) is 0.869. The summed E-state index contributed by atoms with van der Waals surface area (Å²) < 4.78 is 0. The van der Waals surface area contributed by atoms with E-state index in [2.05, 4.69) is 18.3 Å². The highest BCUT2D eigenvalue weighted by Gasteiger charge is 2.42. The highest BCUT2D eigenvalue weighted by atomic mass is 35.5. The first-order chi connectivity index (χ1) is 8.20. The molecule has 3 heteroatoms. The molecule has 1 N–H and O–H groups in total. The molecule has 0 heterocycles. The number of nitrogens with one attached hydrogen (secondary N) is 1. The Kier molecular flexibility index (Phi) is 3.59. The van der Waals surface area contributed by atoms with Crippen LogP contribution in [-0.2, 0) is 0 Å². The topological polar surface area (TPSA) is 35.8 Å². The summed E-state index contributed by atoms with van der Waals surface area (Å²) in [5, 5.41) is 13.6. The van der Waals surface area contributed by atoms with Gasteiger partial charge in [-0.15, -0.1) is 0 Å². The van der Waals surface area contributed by atoms with Crippen LogP contribution in [0.15, 0.2) is 24.3 Å². The largest absolute Gasteiger partial charge is 0.367 e. The van der Waals surface area contributed by atoms with Crippen molar-refractivity contribution in [3.8, 4) is 6.07 Å². The molecule has 0 spiro atoms. The molecule has 2 unspecified atom stereocenters. The summed E-state index contributed by atoms with van der Waals surface area (Å²) in [6.45, 7) is 2.15. The average Bonchev–Trinajstić information content (AvgIpc) is 2.72. The highest BCUT2D eigenvalue weighted by molar-refractivity contribution is 6.30. The van der Waals surface area contributed by atoms with E-state index in [1.807, 2.05) is 24.3 Å². The van der Waals surface area contributed by atoms with Gasteiger partial charge in [0.25, 0.3) is 0 Å². The van der Waals surface area contributed by atoms with E-state index < -0.39 is 5.54 Å². The van der Waals surface area contributed by atoms with E-state index in [9.17, 15) is 5.26 Å². The van der Waals surface area contributed by atoms with E-state index in [4.69, 9.17) is 11.6 Å². The number of hydrogen-bond donors (Lipinski definition) is 1.